The van der Waals surface area contributed by atoms with Crippen LogP contribution in [0, 0.1) is 0 Å². The van der Waals surface area contributed by atoms with Gasteiger partial charge in [0, 0.05) is 5.56 Å². The number of nitrogens with one attached hydrogen (secondary N) is 1. The summed E-state index contributed by atoms with van der Waals surface area (Å²) in [6.07, 6.45) is 1.82. The van der Waals surface area contributed by atoms with Crippen LogP contribution in [0.3, 0.4) is 0 Å². The first-order valence-corrected chi connectivity index (χ1v) is 10.7. The first kappa shape index (κ1) is 18.6. The second-order valence-electron chi connectivity index (χ2n) is 7.96. The Morgan fingerprint density at radius 1 is 0.875 bits per heavy atom. The Morgan fingerprint density at radius 2 is 1.59 bits per heavy atom. The topological polar surface area (TPSA) is 60.0 Å². The molecule has 3 heterocycles. The van der Waals surface area contributed by atoms with Gasteiger partial charge in [0.1, 0.15) is 23.7 Å². The highest BCUT2D eigenvalue weighted by atomic mass is 15.3. The summed E-state index contributed by atoms with van der Waals surface area (Å²) in [4.78, 5) is 14.5. The van der Waals surface area contributed by atoms with E-state index in [1.165, 1.54) is 5.56 Å². The van der Waals surface area contributed by atoms with E-state index in [1.54, 1.807) is 0 Å². The standard InChI is InChI=1S/C26H22N6/c1-18-23-25(30-26(28-18)32-17-27-21-14-8-9-15-22(21)32)31(16-19-10-4-2-5-11-19)24(29-23)20-12-6-3-7-13-20/h2-15,17-18H,16H2,1H3,(H,28,30). The van der Waals surface area contributed by atoms with E-state index >= 15 is 0 Å². The smallest absolute Gasteiger partial charge is 0.210 e. The zero-order valence-corrected chi connectivity index (χ0v) is 17.7. The Balaban J connectivity index is 1.49. The van der Waals surface area contributed by atoms with Gasteiger partial charge >= 0.3 is 0 Å². The molecule has 5 aromatic rings. The molecule has 0 saturated carbocycles. The monoisotopic (exact) mass is 418 g/mol. The van der Waals surface area contributed by atoms with Crippen LogP contribution in [0.15, 0.2) is 96.2 Å². The maximum atomic E-state index is 5.04. The van der Waals surface area contributed by atoms with Crippen LogP contribution in [-0.2, 0) is 6.54 Å². The molecular weight excluding hydrogens is 396 g/mol. The van der Waals surface area contributed by atoms with Crippen LogP contribution in [0.25, 0.3) is 22.4 Å². The van der Waals surface area contributed by atoms with Gasteiger partial charge in [-0.1, -0.05) is 72.8 Å². The largest absolute Gasteiger partial charge is 0.310 e. The summed E-state index contributed by atoms with van der Waals surface area (Å²) in [5, 5.41) is 3.57. The zero-order chi connectivity index (χ0) is 21.5. The summed E-state index contributed by atoms with van der Waals surface area (Å²) in [5.74, 6) is 2.67. The molecule has 6 rings (SSSR count). The zero-order valence-electron chi connectivity index (χ0n) is 17.7. The lowest BCUT2D eigenvalue weighted by Crippen LogP contribution is -2.27. The predicted octanol–water partition coefficient (Wildman–Crippen LogP) is 5.34. The van der Waals surface area contributed by atoms with Crippen molar-refractivity contribution in [3.05, 3.63) is 103 Å². The maximum absolute atomic E-state index is 5.04. The summed E-state index contributed by atoms with van der Waals surface area (Å²) in [6, 6.07) is 28.8. The number of para-hydroxylation sites is 2. The Bertz CT molecular complexity index is 1430. The van der Waals surface area contributed by atoms with Crippen molar-refractivity contribution in [1.82, 2.24) is 19.1 Å². The van der Waals surface area contributed by atoms with Crippen molar-refractivity contribution in [1.29, 1.82) is 0 Å². The molecule has 0 saturated heterocycles. The highest BCUT2D eigenvalue weighted by Gasteiger charge is 2.28. The van der Waals surface area contributed by atoms with Crippen LogP contribution in [0.5, 0.6) is 0 Å². The molecule has 0 amide bonds. The molecule has 2 aromatic heterocycles. The molecule has 156 valence electrons. The van der Waals surface area contributed by atoms with Crippen molar-refractivity contribution in [2.24, 2.45) is 4.99 Å². The molecule has 6 heteroatoms. The Labute approximate surface area is 185 Å². The molecule has 0 spiro atoms. The number of fused-ring (bicyclic) bond motifs is 2. The van der Waals surface area contributed by atoms with Crippen LogP contribution < -0.4 is 5.32 Å². The molecule has 0 aliphatic carbocycles. The Kier molecular flexibility index (Phi) is 4.35. The fourth-order valence-corrected chi connectivity index (χ4v) is 4.26. The van der Waals surface area contributed by atoms with Gasteiger partial charge in [-0.05, 0) is 24.6 Å². The normalized spacial score (nSPS) is 15.3. The summed E-state index contributed by atoms with van der Waals surface area (Å²) < 4.78 is 4.26. The van der Waals surface area contributed by atoms with Crippen molar-refractivity contribution in [2.75, 3.05) is 5.32 Å². The molecule has 32 heavy (non-hydrogen) atoms. The average Bonchev–Trinajstić information content (AvgIpc) is 3.43. The van der Waals surface area contributed by atoms with Crippen LogP contribution in [0.4, 0.5) is 5.82 Å². The van der Waals surface area contributed by atoms with Crippen LogP contribution in [0.1, 0.15) is 24.2 Å². The summed E-state index contributed by atoms with van der Waals surface area (Å²) in [5.41, 5.74) is 5.22. The summed E-state index contributed by atoms with van der Waals surface area (Å²) in [7, 11) is 0. The Morgan fingerprint density at radius 3 is 2.41 bits per heavy atom. The lowest BCUT2D eigenvalue weighted by molar-refractivity contribution is 0.762. The summed E-state index contributed by atoms with van der Waals surface area (Å²) in [6.45, 7) is 2.80. The summed E-state index contributed by atoms with van der Waals surface area (Å²) >= 11 is 0. The second-order valence-corrected chi connectivity index (χ2v) is 7.96. The van der Waals surface area contributed by atoms with E-state index in [0.717, 1.165) is 39.9 Å². The first-order chi connectivity index (χ1) is 15.8. The molecule has 6 nitrogen and oxygen atoms in total. The molecular formula is C26H22N6. The van der Waals surface area contributed by atoms with E-state index in [-0.39, 0.29) is 6.04 Å². The maximum Gasteiger partial charge on any atom is 0.210 e. The second kappa shape index (κ2) is 7.50. The number of benzene rings is 3. The fraction of sp³-hybridized carbons (Fsp3) is 0.115. The van der Waals surface area contributed by atoms with Crippen LogP contribution in [-0.4, -0.2) is 25.1 Å². The fourth-order valence-electron chi connectivity index (χ4n) is 4.26. The molecule has 0 fully saturated rings. The van der Waals surface area contributed by atoms with Crippen LogP contribution in [0.2, 0.25) is 0 Å². The average molecular weight is 419 g/mol. The van der Waals surface area contributed by atoms with E-state index in [2.05, 4.69) is 64.3 Å². The Hall–Kier alpha value is -4.19. The van der Waals surface area contributed by atoms with Crippen LogP contribution >= 0.6 is 0 Å². The lowest BCUT2D eigenvalue weighted by Gasteiger charge is -2.22. The third kappa shape index (κ3) is 3.08. The number of rotatable bonds is 3. The number of hydrogen-bond acceptors (Lipinski definition) is 4. The van der Waals surface area contributed by atoms with Gasteiger partial charge in [0.05, 0.1) is 23.6 Å². The number of aromatic nitrogens is 4. The first-order valence-electron chi connectivity index (χ1n) is 10.7. The van der Waals surface area contributed by atoms with Crippen molar-refractivity contribution in [3.63, 3.8) is 0 Å². The van der Waals surface area contributed by atoms with Gasteiger partial charge in [-0.15, -0.1) is 0 Å². The van der Waals surface area contributed by atoms with Gasteiger partial charge in [0.2, 0.25) is 5.96 Å². The minimum absolute atomic E-state index is 0.0816. The van der Waals surface area contributed by atoms with E-state index in [0.29, 0.717) is 6.54 Å². The van der Waals surface area contributed by atoms with Gasteiger partial charge in [0.15, 0.2) is 0 Å². The molecule has 1 unspecified atom stereocenters. The van der Waals surface area contributed by atoms with Gasteiger partial charge in [-0.3, -0.25) is 4.57 Å². The van der Waals surface area contributed by atoms with Gasteiger partial charge in [-0.25, -0.2) is 15.0 Å². The van der Waals surface area contributed by atoms with Gasteiger partial charge in [0.25, 0.3) is 0 Å². The molecule has 0 radical (unpaired) electrons. The molecule has 1 atom stereocenters. The number of anilines is 1. The van der Waals surface area contributed by atoms with Crippen molar-refractivity contribution in [2.45, 2.75) is 19.5 Å². The molecule has 1 N–H and O–H groups in total. The lowest BCUT2D eigenvalue weighted by atomic mass is 10.2. The molecule has 1 aliphatic heterocycles. The molecule has 0 bridgehead atoms. The predicted molar refractivity (Wildman–Crippen MR) is 128 cm³/mol. The number of aliphatic imine (C=N–C) groups is 1. The highest BCUT2D eigenvalue weighted by molar-refractivity contribution is 6.01. The van der Waals surface area contributed by atoms with Gasteiger partial charge in [-0.2, -0.15) is 0 Å². The SMILES string of the molecule is CC1N=C(n2cnc3ccccc32)Nc2c1nc(-c1ccccc1)n2Cc1ccccc1. The van der Waals surface area contributed by atoms with Crippen molar-refractivity contribution >= 4 is 22.8 Å². The van der Waals surface area contributed by atoms with E-state index in [4.69, 9.17) is 9.98 Å². The molecule has 3 aromatic carbocycles. The van der Waals surface area contributed by atoms with Crippen molar-refractivity contribution in [3.8, 4) is 11.4 Å². The van der Waals surface area contributed by atoms with E-state index < -0.39 is 0 Å². The minimum Gasteiger partial charge on any atom is -0.310 e. The number of hydrogen-bond donors (Lipinski definition) is 1. The number of imidazole rings is 2. The highest BCUT2D eigenvalue weighted by Crippen LogP contribution is 2.35. The van der Waals surface area contributed by atoms with E-state index in [9.17, 15) is 0 Å². The minimum atomic E-state index is -0.0816. The number of nitrogens with zero attached hydrogens (tertiary/aromatic N) is 5. The van der Waals surface area contributed by atoms with Crippen molar-refractivity contribution < 1.29 is 0 Å². The third-order valence-corrected chi connectivity index (χ3v) is 5.83. The van der Waals surface area contributed by atoms with E-state index in [1.807, 2.05) is 53.4 Å². The third-order valence-electron chi connectivity index (χ3n) is 5.83. The van der Waals surface area contributed by atoms with Gasteiger partial charge < -0.3 is 9.88 Å². The molecule has 1 aliphatic rings. The quantitative estimate of drug-likeness (QED) is 0.430.